The van der Waals surface area contributed by atoms with Crippen molar-refractivity contribution in [3.05, 3.63) is 65.7 Å². The van der Waals surface area contributed by atoms with E-state index in [1.54, 1.807) is 48.5 Å². The maximum Gasteiger partial charge on any atom is 0.282 e. The SMILES string of the molecule is CCN(CC)S(=O)(=O)N1CCN(CC(=O)Nc2ccccc2C(=O)c2ccccc2)CC1. The predicted octanol–water partition coefficient (Wildman–Crippen LogP) is 2.06. The molecule has 2 aromatic rings. The van der Waals surface area contributed by atoms with Crippen molar-refractivity contribution in [2.24, 2.45) is 0 Å². The molecule has 0 unspecified atom stereocenters. The lowest BCUT2D eigenvalue weighted by Gasteiger charge is -2.35. The summed E-state index contributed by atoms with van der Waals surface area (Å²) < 4.78 is 28.2. The van der Waals surface area contributed by atoms with Gasteiger partial charge in [-0.1, -0.05) is 56.3 Å². The Morgan fingerprint density at radius 2 is 1.50 bits per heavy atom. The van der Waals surface area contributed by atoms with Crippen molar-refractivity contribution in [3.8, 4) is 0 Å². The number of benzene rings is 2. The molecule has 1 fully saturated rings. The Balaban J connectivity index is 1.59. The molecule has 0 bridgehead atoms. The van der Waals surface area contributed by atoms with Gasteiger partial charge >= 0.3 is 0 Å². The van der Waals surface area contributed by atoms with Crippen LogP contribution in [0, 0.1) is 0 Å². The Bertz CT molecular complexity index is 1030. The molecule has 1 saturated heterocycles. The molecule has 0 radical (unpaired) electrons. The first-order valence-electron chi connectivity index (χ1n) is 10.8. The third-order valence-electron chi connectivity index (χ3n) is 5.54. The fraction of sp³-hybridized carbons (Fsp3) is 0.391. The van der Waals surface area contributed by atoms with Crippen molar-refractivity contribution in [1.29, 1.82) is 0 Å². The van der Waals surface area contributed by atoms with Crippen molar-refractivity contribution in [2.45, 2.75) is 13.8 Å². The molecule has 2 aromatic carbocycles. The number of hydrogen-bond acceptors (Lipinski definition) is 5. The van der Waals surface area contributed by atoms with Crippen LogP contribution in [-0.4, -0.2) is 79.4 Å². The zero-order chi connectivity index (χ0) is 23.1. The maximum atomic E-state index is 12.8. The first-order valence-corrected chi connectivity index (χ1v) is 12.2. The number of carbonyl (C=O) groups is 2. The summed E-state index contributed by atoms with van der Waals surface area (Å²) in [5.41, 5.74) is 1.45. The molecule has 172 valence electrons. The normalized spacial score (nSPS) is 15.6. The molecular weight excluding hydrogens is 428 g/mol. The highest BCUT2D eigenvalue weighted by atomic mass is 32.2. The molecule has 0 atom stereocenters. The molecule has 1 aliphatic rings. The predicted molar refractivity (Wildman–Crippen MR) is 125 cm³/mol. The lowest BCUT2D eigenvalue weighted by atomic mass is 10.0. The number of nitrogens with zero attached hydrogens (tertiary/aromatic N) is 3. The number of rotatable bonds is 9. The van der Waals surface area contributed by atoms with Crippen LogP contribution in [0.25, 0.3) is 0 Å². The van der Waals surface area contributed by atoms with Crippen molar-refractivity contribution < 1.29 is 18.0 Å². The van der Waals surface area contributed by atoms with Crippen molar-refractivity contribution >= 4 is 27.6 Å². The van der Waals surface area contributed by atoms with E-state index in [1.165, 1.54) is 8.61 Å². The smallest absolute Gasteiger partial charge is 0.282 e. The molecule has 3 rings (SSSR count). The lowest BCUT2D eigenvalue weighted by molar-refractivity contribution is -0.117. The molecule has 0 saturated carbocycles. The van der Waals surface area contributed by atoms with Crippen molar-refractivity contribution in [3.63, 3.8) is 0 Å². The minimum absolute atomic E-state index is 0.132. The van der Waals surface area contributed by atoms with Gasteiger partial charge in [0.05, 0.1) is 12.2 Å². The van der Waals surface area contributed by atoms with Gasteiger partial charge in [0.2, 0.25) is 5.91 Å². The van der Waals surface area contributed by atoms with E-state index in [1.807, 2.05) is 24.8 Å². The Kier molecular flexibility index (Phi) is 8.14. The highest BCUT2D eigenvalue weighted by molar-refractivity contribution is 7.86. The van der Waals surface area contributed by atoms with Gasteiger partial charge in [0.25, 0.3) is 10.2 Å². The Hall–Kier alpha value is -2.59. The van der Waals surface area contributed by atoms with Gasteiger partial charge in [-0.2, -0.15) is 17.0 Å². The number of hydrogen-bond donors (Lipinski definition) is 1. The molecule has 8 nitrogen and oxygen atoms in total. The molecule has 32 heavy (non-hydrogen) atoms. The molecule has 1 amide bonds. The minimum atomic E-state index is -3.46. The fourth-order valence-electron chi connectivity index (χ4n) is 3.76. The van der Waals surface area contributed by atoms with Gasteiger partial charge in [-0.25, -0.2) is 0 Å². The maximum absolute atomic E-state index is 12.8. The molecule has 9 heteroatoms. The summed E-state index contributed by atoms with van der Waals surface area (Å²) >= 11 is 0. The monoisotopic (exact) mass is 458 g/mol. The Morgan fingerprint density at radius 3 is 2.12 bits per heavy atom. The zero-order valence-electron chi connectivity index (χ0n) is 18.5. The van der Waals surface area contributed by atoms with E-state index in [4.69, 9.17) is 0 Å². The minimum Gasteiger partial charge on any atom is -0.324 e. The zero-order valence-corrected chi connectivity index (χ0v) is 19.3. The van der Waals surface area contributed by atoms with Gasteiger partial charge in [-0.3, -0.25) is 14.5 Å². The van der Waals surface area contributed by atoms with E-state index in [9.17, 15) is 18.0 Å². The largest absolute Gasteiger partial charge is 0.324 e. The van der Waals surface area contributed by atoms with Gasteiger partial charge in [0.15, 0.2) is 5.78 Å². The van der Waals surface area contributed by atoms with Gasteiger partial charge in [-0.05, 0) is 12.1 Å². The van der Waals surface area contributed by atoms with Crippen LogP contribution in [0.5, 0.6) is 0 Å². The summed E-state index contributed by atoms with van der Waals surface area (Å²) in [6, 6.07) is 15.9. The van der Waals surface area contributed by atoms with Crippen molar-refractivity contribution in [2.75, 3.05) is 51.1 Å². The van der Waals surface area contributed by atoms with E-state index >= 15 is 0 Å². The Labute approximate surface area is 190 Å². The number of anilines is 1. The van der Waals surface area contributed by atoms with Gasteiger partial charge in [0, 0.05) is 50.4 Å². The number of para-hydroxylation sites is 1. The summed E-state index contributed by atoms with van der Waals surface area (Å²) in [5, 5.41) is 2.84. The highest BCUT2D eigenvalue weighted by Crippen LogP contribution is 2.19. The molecule has 0 aromatic heterocycles. The topological polar surface area (TPSA) is 90.0 Å². The van der Waals surface area contributed by atoms with E-state index < -0.39 is 10.2 Å². The molecular formula is C23H30N4O4S. The summed E-state index contributed by atoms with van der Waals surface area (Å²) in [7, 11) is -3.46. The van der Waals surface area contributed by atoms with Crippen LogP contribution in [0.1, 0.15) is 29.8 Å². The average molecular weight is 459 g/mol. The van der Waals surface area contributed by atoms with Gasteiger partial charge in [-0.15, -0.1) is 0 Å². The van der Waals surface area contributed by atoms with Crippen LogP contribution in [0.15, 0.2) is 54.6 Å². The van der Waals surface area contributed by atoms with E-state index in [-0.39, 0.29) is 18.2 Å². The highest BCUT2D eigenvalue weighted by Gasteiger charge is 2.31. The molecule has 0 spiro atoms. The second-order valence-corrected chi connectivity index (χ2v) is 9.48. The third kappa shape index (κ3) is 5.60. The first-order chi connectivity index (χ1) is 15.4. The van der Waals surface area contributed by atoms with E-state index in [2.05, 4.69) is 5.32 Å². The van der Waals surface area contributed by atoms with Crippen LogP contribution in [0.2, 0.25) is 0 Å². The van der Waals surface area contributed by atoms with Crippen LogP contribution in [0.4, 0.5) is 5.69 Å². The number of carbonyl (C=O) groups excluding carboxylic acids is 2. The number of amides is 1. The molecule has 1 heterocycles. The average Bonchev–Trinajstić information content (AvgIpc) is 2.80. The number of piperazine rings is 1. The molecule has 1 N–H and O–H groups in total. The summed E-state index contributed by atoms with van der Waals surface area (Å²) in [4.78, 5) is 27.4. The first kappa shape index (κ1) is 24.1. The van der Waals surface area contributed by atoms with Crippen LogP contribution >= 0.6 is 0 Å². The lowest BCUT2D eigenvalue weighted by Crippen LogP contribution is -2.54. The van der Waals surface area contributed by atoms with E-state index in [0.717, 1.165) is 0 Å². The number of ketones is 1. The van der Waals surface area contributed by atoms with Gasteiger partial charge in [0.1, 0.15) is 0 Å². The second kappa shape index (κ2) is 10.8. The molecule has 0 aliphatic carbocycles. The quantitative estimate of drug-likeness (QED) is 0.581. The van der Waals surface area contributed by atoms with E-state index in [0.29, 0.717) is 56.1 Å². The third-order valence-corrected chi connectivity index (χ3v) is 7.72. The summed E-state index contributed by atoms with van der Waals surface area (Å²) in [6.07, 6.45) is 0. The fourth-order valence-corrected chi connectivity index (χ4v) is 5.36. The van der Waals surface area contributed by atoms with Gasteiger partial charge < -0.3 is 5.32 Å². The standard InChI is InChI=1S/C23H30N4O4S/c1-3-26(4-2)32(30,31)27-16-14-25(15-17-27)18-22(28)24-21-13-9-8-12-20(21)23(29)19-10-6-5-7-11-19/h5-13H,3-4,14-18H2,1-2H3,(H,24,28). The van der Waals surface area contributed by atoms with Crippen LogP contribution < -0.4 is 5.32 Å². The second-order valence-electron chi connectivity index (χ2n) is 7.56. The van der Waals surface area contributed by atoms with Crippen LogP contribution in [-0.2, 0) is 15.0 Å². The molecule has 1 aliphatic heterocycles. The van der Waals surface area contributed by atoms with Crippen molar-refractivity contribution in [1.82, 2.24) is 13.5 Å². The Morgan fingerprint density at radius 1 is 0.906 bits per heavy atom. The summed E-state index contributed by atoms with van der Waals surface area (Å²) in [6.45, 7) is 6.27. The summed E-state index contributed by atoms with van der Waals surface area (Å²) in [5.74, 6) is -0.393. The van der Waals surface area contributed by atoms with Crippen LogP contribution in [0.3, 0.4) is 0 Å². The number of nitrogens with one attached hydrogen (secondary N) is 1.